The highest BCUT2D eigenvalue weighted by Gasteiger charge is 2.40. The van der Waals surface area contributed by atoms with Crippen molar-refractivity contribution in [3.05, 3.63) is 35.6 Å². The second-order valence-electron chi connectivity index (χ2n) is 7.79. The summed E-state index contributed by atoms with van der Waals surface area (Å²) < 4.78 is 14.0. The van der Waals surface area contributed by atoms with Gasteiger partial charge in [0.05, 0.1) is 32.9 Å². The highest BCUT2D eigenvalue weighted by Crippen LogP contribution is 2.30. The minimum atomic E-state index is -0.634. The van der Waals surface area contributed by atoms with E-state index in [2.05, 4.69) is 40.0 Å². The third kappa shape index (κ3) is 4.15. The van der Waals surface area contributed by atoms with E-state index in [-0.39, 0.29) is 5.56 Å². The van der Waals surface area contributed by atoms with Gasteiger partial charge in [0.1, 0.15) is 17.4 Å². The van der Waals surface area contributed by atoms with E-state index < -0.39 is 11.7 Å². The molecule has 1 aromatic heterocycles. The van der Waals surface area contributed by atoms with Gasteiger partial charge in [-0.05, 0) is 26.0 Å². The van der Waals surface area contributed by atoms with E-state index in [0.29, 0.717) is 40.6 Å². The number of carbonyl (C=O) groups is 1. The molecule has 0 saturated heterocycles. The van der Waals surface area contributed by atoms with Crippen LogP contribution in [0.25, 0.3) is 0 Å². The van der Waals surface area contributed by atoms with Crippen LogP contribution >= 0.6 is 0 Å². The molecule has 3 rings (SSSR count). The molecule has 0 aromatic carbocycles. The summed E-state index contributed by atoms with van der Waals surface area (Å²) in [6, 6.07) is 0.672. The summed E-state index contributed by atoms with van der Waals surface area (Å²) >= 11 is 0. The number of hydrogen-bond acceptors (Lipinski definition) is 6. The molecule has 0 spiro atoms. The second-order valence-corrected chi connectivity index (χ2v) is 7.79. The molecule has 28 heavy (non-hydrogen) atoms. The quantitative estimate of drug-likeness (QED) is 0.547. The molecule has 2 heterocycles. The van der Waals surface area contributed by atoms with Gasteiger partial charge < -0.3 is 21.7 Å². The lowest BCUT2D eigenvalue weighted by molar-refractivity contribution is 0.1000. The molecular formula is C19H29FN7O+. The van der Waals surface area contributed by atoms with Crippen LogP contribution < -0.4 is 26.2 Å². The van der Waals surface area contributed by atoms with Gasteiger partial charge in [-0.15, -0.1) is 0 Å². The zero-order valence-corrected chi connectivity index (χ0v) is 16.6. The fourth-order valence-corrected chi connectivity index (χ4v) is 4.04. The fraction of sp³-hybridized carbons (Fsp3) is 0.526. The standard InChI is InChI=1S/C19H28FN7O/c1-22-15-6-4-5-7-16(15)27(2,3)19-24-11-14(17(21)28)18(26-19)25-13-8-12(20)9-23-10-13/h8-9,11,15-16,22-23H,4-7,10H2,1-3H3,(H2-,21,24,25,26,28)/p+1. The van der Waals surface area contributed by atoms with Gasteiger partial charge in [0.25, 0.3) is 5.91 Å². The minimum Gasteiger partial charge on any atom is -0.383 e. The van der Waals surface area contributed by atoms with Crippen LogP contribution in [0.4, 0.5) is 16.2 Å². The number of rotatable bonds is 6. The molecule has 1 fully saturated rings. The van der Waals surface area contributed by atoms with E-state index in [1.165, 1.54) is 31.3 Å². The third-order valence-electron chi connectivity index (χ3n) is 5.61. The van der Waals surface area contributed by atoms with E-state index >= 15 is 0 Å². The number of primary amides is 1. The topological polar surface area (TPSA) is 105 Å². The van der Waals surface area contributed by atoms with Gasteiger partial charge in [-0.25, -0.2) is 4.39 Å². The molecule has 1 aromatic rings. The summed E-state index contributed by atoms with van der Waals surface area (Å²) in [5.41, 5.74) is 6.23. The molecule has 2 atom stereocenters. The number of likely N-dealkylation sites (N-methyl/N-ethyl adjacent to an activating group) is 2. The van der Waals surface area contributed by atoms with Gasteiger partial charge in [0.2, 0.25) is 0 Å². The fourth-order valence-electron chi connectivity index (χ4n) is 4.04. The third-order valence-corrected chi connectivity index (χ3v) is 5.61. The lowest BCUT2D eigenvalue weighted by Gasteiger charge is -2.42. The number of carbonyl (C=O) groups excluding carboxylic acids is 1. The molecule has 1 saturated carbocycles. The zero-order chi connectivity index (χ0) is 20.3. The Morgan fingerprint density at radius 2 is 2.11 bits per heavy atom. The maximum absolute atomic E-state index is 13.5. The van der Waals surface area contributed by atoms with Crippen molar-refractivity contribution in [1.29, 1.82) is 0 Å². The molecule has 1 amide bonds. The first-order valence-corrected chi connectivity index (χ1v) is 9.58. The maximum Gasteiger partial charge on any atom is 0.330 e. The van der Waals surface area contributed by atoms with Gasteiger partial charge >= 0.3 is 5.95 Å². The van der Waals surface area contributed by atoms with Crippen molar-refractivity contribution < 1.29 is 9.18 Å². The largest absolute Gasteiger partial charge is 0.383 e. The Labute approximate surface area is 164 Å². The van der Waals surface area contributed by atoms with Crippen molar-refractivity contribution in [2.45, 2.75) is 37.8 Å². The lowest BCUT2D eigenvalue weighted by atomic mass is 9.88. The predicted molar refractivity (Wildman–Crippen MR) is 108 cm³/mol. The first-order valence-electron chi connectivity index (χ1n) is 9.58. The van der Waals surface area contributed by atoms with Gasteiger partial charge in [-0.1, -0.05) is 6.42 Å². The highest BCUT2D eigenvalue weighted by molar-refractivity contribution is 5.97. The first-order chi connectivity index (χ1) is 13.3. The van der Waals surface area contributed by atoms with E-state index in [1.54, 1.807) is 0 Å². The van der Waals surface area contributed by atoms with Gasteiger partial charge in [0.15, 0.2) is 5.82 Å². The molecule has 8 nitrogen and oxygen atoms in total. The Hall–Kier alpha value is -2.52. The van der Waals surface area contributed by atoms with Crippen LogP contribution in [0.1, 0.15) is 36.0 Å². The average Bonchev–Trinajstić information content (AvgIpc) is 2.67. The number of nitrogens with two attached hydrogens (primary N) is 1. The number of anilines is 1. The zero-order valence-electron chi connectivity index (χ0n) is 16.6. The minimum absolute atomic E-state index is 0.174. The molecule has 152 valence electrons. The van der Waals surface area contributed by atoms with Crippen molar-refractivity contribution in [1.82, 2.24) is 25.1 Å². The molecule has 5 N–H and O–H groups in total. The monoisotopic (exact) mass is 390 g/mol. The van der Waals surface area contributed by atoms with E-state index in [1.807, 2.05) is 7.05 Å². The van der Waals surface area contributed by atoms with Crippen molar-refractivity contribution in [2.24, 2.45) is 5.73 Å². The number of dihydropyridines is 1. The van der Waals surface area contributed by atoms with Gasteiger partial charge in [-0.2, -0.15) is 9.97 Å². The number of hydrogen-bond donors (Lipinski definition) is 4. The summed E-state index contributed by atoms with van der Waals surface area (Å²) in [6.45, 7) is 0.396. The molecule has 1 aliphatic heterocycles. The second kappa shape index (κ2) is 8.24. The van der Waals surface area contributed by atoms with Crippen molar-refractivity contribution in [3.8, 4) is 0 Å². The van der Waals surface area contributed by atoms with Crippen molar-refractivity contribution in [2.75, 3.05) is 33.0 Å². The first kappa shape index (κ1) is 20.2. The molecule has 0 bridgehead atoms. The van der Waals surface area contributed by atoms with Crippen LogP contribution in [-0.4, -0.2) is 55.6 Å². The number of aromatic nitrogens is 2. The predicted octanol–water partition coefficient (Wildman–Crippen LogP) is 1.38. The number of allylic oxidation sites excluding steroid dienone is 2. The molecule has 9 heteroatoms. The number of nitrogens with zero attached hydrogens (tertiary/aromatic N) is 3. The van der Waals surface area contributed by atoms with Crippen LogP contribution in [0.3, 0.4) is 0 Å². The average molecular weight is 390 g/mol. The Bertz CT molecular complexity index is 805. The summed E-state index contributed by atoms with van der Waals surface area (Å²) in [5, 5.41) is 9.28. The van der Waals surface area contributed by atoms with Crippen molar-refractivity contribution in [3.63, 3.8) is 0 Å². The van der Waals surface area contributed by atoms with E-state index in [0.717, 1.165) is 12.8 Å². The maximum atomic E-state index is 13.5. The van der Waals surface area contributed by atoms with Crippen LogP contribution in [0.5, 0.6) is 0 Å². The Kier molecular flexibility index (Phi) is 5.95. The smallest absolute Gasteiger partial charge is 0.330 e. The van der Waals surface area contributed by atoms with Crippen LogP contribution in [0, 0.1) is 0 Å². The molecule has 0 radical (unpaired) electrons. The highest BCUT2D eigenvalue weighted by atomic mass is 19.1. The summed E-state index contributed by atoms with van der Waals surface area (Å²) in [4.78, 5) is 21.0. The number of amides is 1. The Morgan fingerprint density at radius 3 is 2.79 bits per heavy atom. The van der Waals surface area contributed by atoms with Gasteiger partial charge in [0, 0.05) is 18.3 Å². The number of quaternary nitrogens is 1. The number of halogens is 1. The van der Waals surface area contributed by atoms with Crippen LogP contribution in [0.15, 0.2) is 30.0 Å². The summed E-state index contributed by atoms with van der Waals surface area (Å²) in [7, 11) is 6.14. The van der Waals surface area contributed by atoms with Crippen LogP contribution in [-0.2, 0) is 0 Å². The SMILES string of the molecule is CNC1CCCCC1[N+](C)(C)c1ncc(C(N)=O)c(NC2=CC(F)=CNC2)n1. The Balaban J connectivity index is 1.95. The summed E-state index contributed by atoms with van der Waals surface area (Å²) in [6.07, 6.45) is 8.64. The molecule has 1 aliphatic carbocycles. The van der Waals surface area contributed by atoms with E-state index in [9.17, 15) is 9.18 Å². The van der Waals surface area contributed by atoms with Crippen molar-refractivity contribution >= 4 is 17.7 Å². The van der Waals surface area contributed by atoms with Gasteiger partial charge in [-0.3, -0.25) is 9.28 Å². The molecule has 2 aliphatic rings. The van der Waals surface area contributed by atoms with E-state index in [4.69, 9.17) is 5.73 Å². The summed E-state index contributed by atoms with van der Waals surface area (Å²) in [5.74, 6) is -0.160. The lowest BCUT2D eigenvalue weighted by Crippen LogP contribution is -2.60. The normalized spacial score (nSPS) is 22.7. The Morgan fingerprint density at radius 1 is 1.36 bits per heavy atom. The molecule has 2 unspecified atom stereocenters. The molecular weight excluding hydrogens is 361 g/mol. The van der Waals surface area contributed by atoms with Crippen LogP contribution in [0.2, 0.25) is 0 Å². The number of nitrogens with one attached hydrogen (secondary N) is 3.